The van der Waals surface area contributed by atoms with Gasteiger partial charge in [-0.2, -0.15) is 0 Å². The van der Waals surface area contributed by atoms with Crippen molar-refractivity contribution in [2.45, 2.75) is 25.3 Å². The Bertz CT molecular complexity index is 966. The molecule has 1 heterocycles. The Morgan fingerprint density at radius 3 is 2.87 bits per heavy atom. The Morgan fingerprint density at radius 2 is 2.13 bits per heavy atom. The number of para-hydroxylation sites is 1. The van der Waals surface area contributed by atoms with Crippen LogP contribution in [0.25, 0.3) is 0 Å². The van der Waals surface area contributed by atoms with Crippen LogP contribution in [-0.4, -0.2) is 31.3 Å². The highest BCUT2D eigenvalue weighted by Crippen LogP contribution is 2.34. The van der Waals surface area contributed by atoms with Crippen LogP contribution in [0, 0.1) is 0 Å². The molecule has 1 atom stereocenters. The molecular formula is C22H22BrClN2O4. The largest absolute Gasteiger partial charge is 0.514 e. The molecule has 0 radical (unpaired) electrons. The molecule has 2 aromatic rings. The topological polar surface area (TPSA) is 81.9 Å². The number of carbonyl (C=O) groups excluding carboxylic acids is 2. The normalized spacial score (nSPS) is 13.9. The van der Waals surface area contributed by atoms with Crippen molar-refractivity contribution in [3.05, 3.63) is 69.7 Å². The van der Waals surface area contributed by atoms with Crippen LogP contribution in [0.2, 0.25) is 5.02 Å². The molecule has 8 heteroatoms. The van der Waals surface area contributed by atoms with Gasteiger partial charge >= 0.3 is 6.16 Å². The third-order valence-corrected chi connectivity index (χ3v) is 5.78. The van der Waals surface area contributed by atoms with Crippen LogP contribution in [-0.2, 0) is 22.4 Å². The third kappa shape index (κ3) is 5.22. The van der Waals surface area contributed by atoms with Gasteiger partial charge in [0.1, 0.15) is 12.4 Å². The maximum Gasteiger partial charge on any atom is 0.514 e. The number of hydrogen-bond acceptors (Lipinski definition) is 5. The number of fused-ring (bicyclic) bond motifs is 1. The number of aryl methyl sites for hydroxylation is 1. The van der Waals surface area contributed by atoms with Gasteiger partial charge in [0.05, 0.1) is 16.8 Å². The first-order chi connectivity index (χ1) is 14.4. The molecule has 1 aliphatic heterocycles. The van der Waals surface area contributed by atoms with Crippen molar-refractivity contribution in [2.75, 3.05) is 18.1 Å². The molecule has 3 rings (SSSR count). The number of anilines is 1. The Hall–Kier alpha value is -2.35. The van der Waals surface area contributed by atoms with E-state index in [2.05, 4.69) is 22.5 Å². The van der Waals surface area contributed by atoms with Gasteiger partial charge in [0.25, 0.3) is 0 Å². The SMILES string of the molecule is C=CCOC(=O)Oc1ccc(C[C@@H](N)C(=O)N2CCCc3cccc(Cl)c32)c(Br)c1. The number of halogens is 2. The number of ether oxygens (including phenoxy) is 2. The van der Waals surface area contributed by atoms with E-state index in [0.29, 0.717) is 28.2 Å². The van der Waals surface area contributed by atoms with Crippen LogP contribution in [0.3, 0.4) is 0 Å². The molecule has 1 amide bonds. The van der Waals surface area contributed by atoms with Crippen LogP contribution in [0.4, 0.5) is 10.5 Å². The minimum Gasteiger partial charge on any atom is -0.430 e. The van der Waals surface area contributed by atoms with E-state index in [1.165, 1.54) is 6.08 Å². The lowest BCUT2D eigenvalue weighted by molar-refractivity contribution is -0.119. The Labute approximate surface area is 188 Å². The van der Waals surface area contributed by atoms with Gasteiger partial charge in [0, 0.05) is 11.0 Å². The van der Waals surface area contributed by atoms with Crippen molar-refractivity contribution in [2.24, 2.45) is 5.73 Å². The molecule has 6 nitrogen and oxygen atoms in total. The molecule has 0 saturated heterocycles. The summed E-state index contributed by atoms with van der Waals surface area (Å²) in [7, 11) is 0. The summed E-state index contributed by atoms with van der Waals surface area (Å²) in [5, 5.41) is 0.554. The van der Waals surface area contributed by atoms with Crippen molar-refractivity contribution in [3.63, 3.8) is 0 Å². The lowest BCUT2D eigenvalue weighted by atomic mass is 9.99. The number of hydrogen-bond donors (Lipinski definition) is 1. The Balaban J connectivity index is 1.69. The van der Waals surface area contributed by atoms with E-state index in [4.69, 9.17) is 26.8 Å². The summed E-state index contributed by atoms with van der Waals surface area (Å²) in [6.07, 6.45) is 2.70. The van der Waals surface area contributed by atoms with Crippen LogP contribution in [0.15, 0.2) is 53.5 Å². The lowest BCUT2D eigenvalue weighted by Gasteiger charge is -2.32. The number of carbonyl (C=O) groups is 2. The van der Waals surface area contributed by atoms with Crippen molar-refractivity contribution >= 4 is 45.3 Å². The molecule has 30 heavy (non-hydrogen) atoms. The summed E-state index contributed by atoms with van der Waals surface area (Å²) in [5.74, 6) is 0.139. The third-order valence-electron chi connectivity index (χ3n) is 4.74. The van der Waals surface area contributed by atoms with Gasteiger partial charge in [-0.15, -0.1) is 0 Å². The van der Waals surface area contributed by atoms with E-state index in [9.17, 15) is 9.59 Å². The molecule has 2 aromatic carbocycles. The standard InChI is InChI=1S/C22H22BrClN2O4/c1-2-11-29-22(28)30-16-9-8-15(17(23)13-16)12-19(25)21(27)26-10-4-6-14-5-3-7-18(24)20(14)26/h2-3,5,7-9,13,19H,1,4,6,10-12,25H2/t19-/m1/s1. The van der Waals surface area contributed by atoms with E-state index in [-0.39, 0.29) is 12.5 Å². The van der Waals surface area contributed by atoms with Gasteiger partial charge in [-0.1, -0.05) is 58.4 Å². The van der Waals surface area contributed by atoms with Crippen molar-refractivity contribution < 1.29 is 19.1 Å². The highest BCUT2D eigenvalue weighted by Gasteiger charge is 2.28. The fraction of sp³-hybridized carbons (Fsp3) is 0.273. The average Bonchev–Trinajstić information content (AvgIpc) is 2.73. The van der Waals surface area contributed by atoms with Crippen molar-refractivity contribution in [1.82, 2.24) is 0 Å². The van der Waals surface area contributed by atoms with Crippen LogP contribution < -0.4 is 15.4 Å². The molecule has 0 unspecified atom stereocenters. The highest BCUT2D eigenvalue weighted by atomic mass is 79.9. The first kappa shape index (κ1) is 22.3. The van der Waals surface area contributed by atoms with Crippen LogP contribution >= 0.6 is 27.5 Å². The summed E-state index contributed by atoms with van der Waals surface area (Å²) >= 11 is 9.81. The molecule has 0 aromatic heterocycles. The highest BCUT2D eigenvalue weighted by molar-refractivity contribution is 9.10. The second-order valence-corrected chi connectivity index (χ2v) is 8.12. The minimum absolute atomic E-state index is 0.0682. The van der Waals surface area contributed by atoms with E-state index >= 15 is 0 Å². The monoisotopic (exact) mass is 492 g/mol. The van der Waals surface area contributed by atoms with E-state index in [0.717, 1.165) is 29.7 Å². The van der Waals surface area contributed by atoms with Gasteiger partial charge < -0.3 is 20.1 Å². The maximum absolute atomic E-state index is 13.1. The molecule has 0 fully saturated rings. The molecule has 2 N–H and O–H groups in total. The number of nitrogens with zero attached hydrogens (tertiary/aromatic N) is 1. The van der Waals surface area contributed by atoms with Crippen LogP contribution in [0.5, 0.6) is 5.75 Å². The zero-order chi connectivity index (χ0) is 21.7. The van der Waals surface area contributed by atoms with E-state index in [1.807, 2.05) is 12.1 Å². The zero-order valence-electron chi connectivity index (χ0n) is 16.3. The number of rotatable bonds is 6. The molecule has 0 saturated carbocycles. The second-order valence-electron chi connectivity index (χ2n) is 6.86. The van der Waals surface area contributed by atoms with Gasteiger partial charge in [0.2, 0.25) is 5.91 Å². The smallest absolute Gasteiger partial charge is 0.430 e. The first-order valence-corrected chi connectivity index (χ1v) is 10.7. The zero-order valence-corrected chi connectivity index (χ0v) is 18.6. The van der Waals surface area contributed by atoms with Gasteiger partial charge in [-0.3, -0.25) is 4.79 Å². The Morgan fingerprint density at radius 1 is 1.33 bits per heavy atom. The fourth-order valence-electron chi connectivity index (χ4n) is 3.36. The molecule has 0 bridgehead atoms. The molecule has 1 aliphatic rings. The molecular weight excluding hydrogens is 472 g/mol. The van der Waals surface area contributed by atoms with Crippen LogP contribution in [0.1, 0.15) is 17.5 Å². The van der Waals surface area contributed by atoms with E-state index in [1.54, 1.807) is 29.2 Å². The number of benzene rings is 2. The summed E-state index contributed by atoms with van der Waals surface area (Å²) in [5.41, 5.74) is 8.89. The van der Waals surface area contributed by atoms with E-state index < -0.39 is 12.2 Å². The second kappa shape index (κ2) is 10.1. The predicted octanol–water partition coefficient (Wildman–Crippen LogP) is 4.65. The fourth-order valence-corrected chi connectivity index (χ4v) is 4.17. The molecule has 0 spiro atoms. The van der Waals surface area contributed by atoms with Crippen molar-refractivity contribution in [1.29, 1.82) is 0 Å². The summed E-state index contributed by atoms with van der Waals surface area (Å²) in [4.78, 5) is 26.3. The summed E-state index contributed by atoms with van der Waals surface area (Å²) in [6, 6.07) is 9.93. The van der Waals surface area contributed by atoms with Gasteiger partial charge in [-0.25, -0.2) is 4.79 Å². The average molecular weight is 494 g/mol. The van der Waals surface area contributed by atoms with Gasteiger partial charge in [-0.05, 0) is 48.6 Å². The Kier molecular flexibility index (Phi) is 7.53. The first-order valence-electron chi connectivity index (χ1n) is 9.49. The van der Waals surface area contributed by atoms with Gasteiger partial charge in [0.15, 0.2) is 0 Å². The lowest BCUT2D eigenvalue weighted by Crippen LogP contribution is -2.47. The minimum atomic E-state index is -0.818. The quantitative estimate of drug-likeness (QED) is 0.360. The summed E-state index contributed by atoms with van der Waals surface area (Å²) < 4.78 is 10.6. The molecule has 0 aliphatic carbocycles. The number of amides is 1. The number of nitrogens with two attached hydrogens (primary N) is 1. The van der Waals surface area contributed by atoms with Crippen molar-refractivity contribution in [3.8, 4) is 5.75 Å². The predicted molar refractivity (Wildman–Crippen MR) is 120 cm³/mol. The maximum atomic E-state index is 13.1. The summed E-state index contributed by atoms with van der Waals surface area (Å²) in [6.45, 7) is 4.12. The molecule has 158 valence electrons.